The van der Waals surface area contributed by atoms with Gasteiger partial charge in [-0.05, 0) is 36.4 Å². The molecule has 1 N–H and O–H groups in total. The topological polar surface area (TPSA) is 47.6 Å². The fourth-order valence-electron chi connectivity index (χ4n) is 2.14. The predicted molar refractivity (Wildman–Crippen MR) is 83.5 cm³/mol. The molecule has 0 saturated heterocycles. The van der Waals surface area contributed by atoms with Crippen LogP contribution in [-0.2, 0) is 9.53 Å². The quantitative estimate of drug-likeness (QED) is 0.795. The van der Waals surface area contributed by atoms with Gasteiger partial charge in [-0.2, -0.15) is 0 Å². The van der Waals surface area contributed by atoms with E-state index >= 15 is 0 Å². The van der Waals surface area contributed by atoms with E-state index in [1.54, 1.807) is 6.92 Å². The van der Waals surface area contributed by atoms with Crippen LogP contribution in [0.15, 0.2) is 42.5 Å². The molecule has 0 saturated carbocycles. The third-order valence-corrected chi connectivity index (χ3v) is 3.16. The van der Waals surface area contributed by atoms with Crippen LogP contribution in [0.25, 0.3) is 10.8 Å². The van der Waals surface area contributed by atoms with Crippen molar-refractivity contribution in [2.24, 2.45) is 0 Å². The van der Waals surface area contributed by atoms with Crippen LogP contribution < -0.4 is 10.1 Å². The standard InChI is InChI=1S/C17H21NO3/c1-3-18-16(17(19)20-4-2)12-21-15-10-9-13-7-5-6-8-14(13)11-15/h5-11,16,18H,3-4,12H2,1-2H3. The van der Waals surface area contributed by atoms with Crippen LogP contribution in [0.5, 0.6) is 5.75 Å². The van der Waals surface area contributed by atoms with Crippen molar-refractivity contribution < 1.29 is 14.3 Å². The molecule has 0 heterocycles. The van der Waals surface area contributed by atoms with Crippen LogP contribution >= 0.6 is 0 Å². The molecule has 2 aromatic rings. The van der Waals surface area contributed by atoms with E-state index in [2.05, 4.69) is 11.4 Å². The number of ether oxygens (including phenoxy) is 2. The van der Waals surface area contributed by atoms with Crippen molar-refractivity contribution >= 4 is 16.7 Å². The van der Waals surface area contributed by atoms with Crippen molar-refractivity contribution in [3.63, 3.8) is 0 Å². The summed E-state index contributed by atoms with van der Waals surface area (Å²) >= 11 is 0. The number of benzene rings is 2. The lowest BCUT2D eigenvalue weighted by Gasteiger charge is -2.17. The summed E-state index contributed by atoms with van der Waals surface area (Å²) in [4.78, 5) is 11.8. The molecular weight excluding hydrogens is 266 g/mol. The Bertz CT molecular complexity index is 597. The van der Waals surface area contributed by atoms with E-state index in [0.717, 1.165) is 11.1 Å². The second-order valence-corrected chi connectivity index (χ2v) is 4.68. The first kappa shape index (κ1) is 15.3. The van der Waals surface area contributed by atoms with E-state index in [9.17, 15) is 4.79 Å². The predicted octanol–water partition coefficient (Wildman–Crippen LogP) is 2.76. The second kappa shape index (κ2) is 7.64. The molecule has 0 aromatic heterocycles. The number of carbonyl (C=O) groups excluding carboxylic acids is 1. The Balaban J connectivity index is 2.02. The highest BCUT2D eigenvalue weighted by Gasteiger charge is 2.19. The average molecular weight is 287 g/mol. The summed E-state index contributed by atoms with van der Waals surface area (Å²) in [6, 6.07) is 13.5. The maximum Gasteiger partial charge on any atom is 0.326 e. The molecule has 0 bridgehead atoms. The van der Waals surface area contributed by atoms with Gasteiger partial charge in [0.2, 0.25) is 0 Å². The van der Waals surface area contributed by atoms with E-state index in [-0.39, 0.29) is 12.6 Å². The first-order valence-electron chi connectivity index (χ1n) is 7.26. The smallest absolute Gasteiger partial charge is 0.326 e. The molecule has 2 rings (SSSR count). The molecular formula is C17H21NO3. The molecule has 0 spiro atoms. The van der Waals surface area contributed by atoms with Gasteiger partial charge in [-0.1, -0.05) is 37.3 Å². The van der Waals surface area contributed by atoms with Gasteiger partial charge in [-0.25, -0.2) is 0 Å². The molecule has 21 heavy (non-hydrogen) atoms. The molecule has 4 nitrogen and oxygen atoms in total. The summed E-state index contributed by atoms with van der Waals surface area (Å²) in [6.07, 6.45) is 0. The van der Waals surface area contributed by atoms with E-state index < -0.39 is 6.04 Å². The Morgan fingerprint density at radius 3 is 2.62 bits per heavy atom. The fourth-order valence-corrected chi connectivity index (χ4v) is 2.14. The van der Waals surface area contributed by atoms with Crippen molar-refractivity contribution in [1.82, 2.24) is 5.32 Å². The molecule has 4 heteroatoms. The molecule has 0 fully saturated rings. The summed E-state index contributed by atoms with van der Waals surface area (Å²) in [5, 5.41) is 5.36. The van der Waals surface area contributed by atoms with Crippen LogP contribution in [0.4, 0.5) is 0 Å². The summed E-state index contributed by atoms with van der Waals surface area (Å²) in [6.45, 7) is 5.06. The minimum Gasteiger partial charge on any atom is -0.491 e. The number of carbonyl (C=O) groups is 1. The van der Waals surface area contributed by atoms with Gasteiger partial charge in [-0.15, -0.1) is 0 Å². The van der Waals surface area contributed by atoms with Crippen LogP contribution in [0, 0.1) is 0 Å². The van der Waals surface area contributed by atoms with Crippen LogP contribution in [0.3, 0.4) is 0 Å². The number of nitrogens with one attached hydrogen (secondary N) is 1. The average Bonchev–Trinajstić information content (AvgIpc) is 2.51. The SMILES string of the molecule is CCNC(COc1ccc2ccccc2c1)C(=O)OCC. The summed E-state index contributed by atoms with van der Waals surface area (Å²) < 4.78 is 10.8. The number of esters is 1. The number of hydrogen-bond acceptors (Lipinski definition) is 4. The van der Waals surface area contributed by atoms with Gasteiger partial charge >= 0.3 is 5.97 Å². The number of fused-ring (bicyclic) bond motifs is 1. The maximum absolute atomic E-state index is 11.8. The Morgan fingerprint density at radius 1 is 1.14 bits per heavy atom. The van der Waals surface area contributed by atoms with Crippen LogP contribution in [0.2, 0.25) is 0 Å². The van der Waals surface area contributed by atoms with Crippen molar-refractivity contribution in [3.05, 3.63) is 42.5 Å². The third-order valence-electron chi connectivity index (χ3n) is 3.16. The van der Waals surface area contributed by atoms with Gasteiger partial charge in [0.25, 0.3) is 0 Å². The molecule has 0 aliphatic heterocycles. The fraction of sp³-hybridized carbons (Fsp3) is 0.353. The number of likely N-dealkylation sites (N-methyl/N-ethyl adjacent to an activating group) is 1. The molecule has 112 valence electrons. The maximum atomic E-state index is 11.8. The molecule has 2 aromatic carbocycles. The van der Waals surface area contributed by atoms with Crippen molar-refractivity contribution in [1.29, 1.82) is 0 Å². The van der Waals surface area contributed by atoms with Crippen LogP contribution in [-0.4, -0.2) is 31.8 Å². The molecule has 0 aliphatic carbocycles. The van der Waals surface area contributed by atoms with Gasteiger partial charge < -0.3 is 14.8 Å². The largest absolute Gasteiger partial charge is 0.491 e. The Hall–Kier alpha value is -2.07. The summed E-state index contributed by atoms with van der Waals surface area (Å²) in [5.41, 5.74) is 0. The second-order valence-electron chi connectivity index (χ2n) is 4.68. The van der Waals surface area contributed by atoms with Gasteiger partial charge in [0.1, 0.15) is 18.4 Å². The van der Waals surface area contributed by atoms with Gasteiger partial charge in [0, 0.05) is 0 Å². The first-order valence-corrected chi connectivity index (χ1v) is 7.26. The highest BCUT2D eigenvalue weighted by molar-refractivity contribution is 5.83. The highest BCUT2D eigenvalue weighted by Crippen LogP contribution is 2.20. The first-order chi connectivity index (χ1) is 10.2. The molecule has 0 amide bonds. The summed E-state index contributed by atoms with van der Waals surface area (Å²) in [7, 11) is 0. The number of hydrogen-bond donors (Lipinski definition) is 1. The minimum absolute atomic E-state index is 0.255. The van der Waals surface area contributed by atoms with Gasteiger partial charge in [0.15, 0.2) is 0 Å². The van der Waals surface area contributed by atoms with Crippen molar-refractivity contribution in [2.45, 2.75) is 19.9 Å². The minimum atomic E-state index is -0.443. The Morgan fingerprint density at radius 2 is 1.90 bits per heavy atom. The lowest BCUT2D eigenvalue weighted by molar-refractivity contribution is -0.146. The zero-order chi connectivity index (χ0) is 15.1. The highest BCUT2D eigenvalue weighted by atomic mass is 16.5. The zero-order valence-electron chi connectivity index (χ0n) is 12.5. The molecule has 0 aliphatic rings. The Kier molecular flexibility index (Phi) is 5.58. The Labute approximate surface area is 125 Å². The normalized spacial score (nSPS) is 12.1. The van der Waals surface area contributed by atoms with Gasteiger partial charge in [-0.3, -0.25) is 4.79 Å². The zero-order valence-corrected chi connectivity index (χ0v) is 12.5. The van der Waals surface area contributed by atoms with Crippen molar-refractivity contribution in [2.75, 3.05) is 19.8 Å². The van der Waals surface area contributed by atoms with E-state index in [0.29, 0.717) is 13.2 Å². The lowest BCUT2D eigenvalue weighted by Crippen LogP contribution is -2.42. The van der Waals surface area contributed by atoms with E-state index in [1.165, 1.54) is 5.39 Å². The summed E-state index contributed by atoms with van der Waals surface area (Å²) in [5.74, 6) is 0.473. The lowest BCUT2D eigenvalue weighted by atomic mass is 10.1. The third kappa shape index (κ3) is 4.20. The molecule has 1 atom stereocenters. The van der Waals surface area contributed by atoms with Crippen LogP contribution in [0.1, 0.15) is 13.8 Å². The molecule has 1 unspecified atom stereocenters. The van der Waals surface area contributed by atoms with Gasteiger partial charge in [0.05, 0.1) is 6.61 Å². The van der Waals surface area contributed by atoms with E-state index in [4.69, 9.17) is 9.47 Å². The molecule has 0 radical (unpaired) electrons. The number of rotatable bonds is 7. The van der Waals surface area contributed by atoms with E-state index in [1.807, 2.05) is 43.3 Å². The van der Waals surface area contributed by atoms with Crippen molar-refractivity contribution in [3.8, 4) is 5.75 Å². The monoisotopic (exact) mass is 287 g/mol.